The highest BCUT2D eigenvalue weighted by atomic mass is 19.1. The first-order valence-electron chi connectivity index (χ1n) is 5.61. The molecule has 19 heavy (non-hydrogen) atoms. The second-order valence-electron chi connectivity index (χ2n) is 3.96. The van der Waals surface area contributed by atoms with Crippen LogP contribution in [0.3, 0.4) is 0 Å². The summed E-state index contributed by atoms with van der Waals surface area (Å²) < 4.78 is 18.7. The third-order valence-corrected chi connectivity index (χ3v) is 2.53. The molecule has 1 heterocycles. The van der Waals surface area contributed by atoms with Gasteiger partial charge < -0.3 is 9.84 Å². The molecule has 1 atom stereocenters. The van der Waals surface area contributed by atoms with Gasteiger partial charge in [0.05, 0.1) is 11.7 Å². The summed E-state index contributed by atoms with van der Waals surface area (Å²) >= 11 is 0. The molecular weight excluding hydrogens is 247 g/mol. The number of hydrogen-bond donors (Lipinski definition) is 1. The van der Waals surface area contributed by atoms with Crippen molar-refractivity contribution in [2.24, 2.45) is 0 Å². The largest absolute Gasteiger partial charge is 0.439 e. The van der Waals surface area contributed by atoms with Crippen molar-refractivity contribution in [1.82, 2.24) is 4.98 Å². The molecule has 0 saturated heterocycles. The molecule has 0 unspecified atom stereocenters. The molecule has 0 radical (unpaired) electrons. The molecule has 0 saturated carbocycles. The molecule has 0 fully saturated rings. The minimum atomic E-state index is -0.638. The number of nitrogens with zero attached hydrogens (tertiary/aromatic N) is 2. The molecular formula is C14H11FN2O2. The number of ether oxygens (including phenoxy) is 1. The maximum Gasteiger partial charge on any atom is 0.219 e. The first kappa shape index (κ1) is 13.0. The number of halogens is 1. The summed E-state index contributed by atoms with van der Waals surface area (Å²) in [6.45, 7) is 1.63. The van der Waals surface area contributed by atoms with Crippen molar-refractivity contribution in [3.8, 4) is 17.7 Å². The summed E-state index contributed by atoms with van der Waals surface area (Å²) in [4.78, 5) is 4.00. The molecule has 0 aliphatic rings. The highest BCUT2D eigenvalue weighted by Crippen LogP contribution is 2.22. The van der Waals surface area contributed by atoms with Crippen molar-refractivity contribution in [3.63, 3.8) is 0 Å². The van der Waals surface area contributed by atoms with E-state index in [9.17, 15) is 9.50 Å². The van der Waals surface area contributed by atoms with Crippen LogP contribution in [0.4, 0.5) is 4.39 Å². The van der Waals surface area contributed by atoms with Gasteiger partial charge in [-0.15, -0.1) is 0 Å². The van der Waals surface area contributed by atoms with Crippen LogP contribution in [-0.2, 0) is 0 Å². The normalized spacial score (nSPS) is 11.7. The maximum absolute atomic E-state index is 13.4. The lowest BCUT2D eigenvalue weighted by Gasteiger charge is -2.07. The molecule has 1 aromatic heterocycles. The quantitative estimate of drug-likeness (QED) is 0.919. The molecule has 96 valence electrons. The molecule has 4 nitrogen and oxygen atoms in total. The molecule has 0 aliphatic heterocycles. The Morgan fingerprint density at radius 2 is 2.16 bits per heavy atom. The second-order valence-corrected chi connectivity index (χ2v) is 3.96. The Hall–Kier alpha value is -2.45. The number of aliphatic hydroxyl groups excluding tert-OH is 1. The van der Waals surface area contributed by atoms with Crippen LogP contribution in [-0.4, -0.2) is 10.1 Å². The molecule has 0 aliphatic carbocycles. The van der Waals surface area contributed by atoms with Crippen LogP contribution in [0.1, 0.15) is 24.2 Å². The number of rotatable bonds is 3. The van der Waals surface area contributed by atoms with Crippen molar-refractivity contribution >= 4 is 0 Å². The van der Waals surface area contributed by atoms with Gasteiger partial charge >= 0.3 is 0 Å². The van der Waals surface area contributed by atoms with Crippen LogP contribution in [0.25, 0.3) is 0 Å². The van der Waals surface area contributed by atoms with E-state index in [0.29, 0.717) is 5.56 Å². The van der Waals surface area contributed by atoms with E-state index in [0.717, 1.165) is 6.07 Å². The van der Waals surface area contributed by atoms with Crippen molar-refractivity contribution in [2.75, 3.05) is 0 Å². The van der Waals surface area contributed by atoms with Crippen molar-refractivity contribution in [2.45, 2.75) is 13.0 Å². The van der Waals surface area contributed by atoms with E-state index in [1.165, 1.54) is 18.3 Å². The number of hydrogen-bond acceptors (Lipinski definition) is 4. The first-order chi connectivity index (χ1) is 9.10. The Balaban J connectivity index is 2.17. The third kappa shape index (κ3) is 3.06. The second kappa shape index (κ2) is 5.46. The Kier molecular flexibility index (Phi) is 3.74. The van der Waals surface area contributed by atoms with Gasteiger partial charge in [0, 0.05) is 18.3 Å². The number of pyridine rings is 1. The fourth-order valence-electron chi connectivity index (χ4n) is 1.47. The van der Waals surface area contributed by atoms with E-state index < -0.39 is 11.9 Å². The van der Waals surface area contributed by atoms with Gasteiger partial charge in [0.25, 0.3) is 0 Å². The molecule has 1 N–H and O–H groups in total. The van der Waals surface area contributed by atoms with E-state index in [1.54, 1.807) is 25.1 Å². The highest BCUT2D eigenvalue weighted by molar-refractivity contribution is 5.37. The van der Waals surface area contributed by atoms with Crippen LogP contribution in [0.2, 0.25) is 0 Å². The van der Waals surface area contributed by atoms with E-state index in [2.05, 4.69) is 4.98 Å². The van der Waals surface area contributed by atoms with Crippen LogP contribution < -0.4 is 4.74 Å². The number of benzene rings is 1. The SMILES string of the molecule is C[C@@H](O)c1ccc(Oc2ccc(C#N)c(F)c2)nc1. The predicted octanol–water partition coefficient (Wildman–Crippen LogP) is 2.94. The Bertz CT molecular complexity index is 618. The van der Waals surface area contributed by atoms with Crippen molar-refractivity contribution in [3.05, 3.63) is 53.5 Å². The molecule has 0 spiro atoms. The van der Waals surface area contributed by atoms with Gasteiger partial charge in [0.15, 0.2) is 0 Å². The van der Waals surface area contributed by atoms with Gasteiger partial charge in [-0.1, -0.05) is 0 Å². The topological polar surface area (TPSA) is 66.1 Å². The fourth-order valence-corrected chi connectivity index (χ4v) is 1.47. The molecule has 2 aromatic rings. The summed E-state index contributed by atoms with van der Waals surface area (Å²) in [5.74, 6) is -0.0945. The number of nitriles is 1. The van der Waals surface area contributed by atoms with Gasteiger partial charge in [0.2, 0.25) is 5.88 Å². The molecule has 1 aromatic carbocycles. The monoisotopic (exact) mass is 258 g/mol. The van der Waals surface area contributed by atoms with Crippen LogP contribution >= 0.6 is 0 Å². The Morgan fingerprint density at radius 1 is 1.37 bits per heavy atom. The zero-order valence-corrected chi connectivity index (χ0v) is 10.2. The summed E-state index contributed by atoms with van der Waals surface area (Å²) in [6.07, 6.45) is 0.883. The number of aliphatic hydroxyl groups is 1. The lowest BCUT2D eigenvalue weighted by molar-refractivity contribution is 0.198. The molecule has 0 bridgehead atoms. The van der Waals surface area contributed by atoms with Gasteiger partial charge in [-0.3, -0.25) is 0 Å². The highest BCUT2D eigenvalue weighted by Gasteiger charge is 2.06. The molecule has 5 heteroatoms. The molecule has 0 amide bonds. The van der Waals surface area contributed by atoms with E-state index in [4.69, 9.17) is 10.00 Å². The van der Waals surface area contributed by atoms with E-state index in [-0.39, 0.29) is 17.2 Å². The van der Waals surface area contributed by atoms with Crippen molar-refractivity contribution in [1.29, 1.82) is 5.26 Å². The summed E-state index contributed by atoms with van der Waals surface area (Å²) in [5, 5.41) is 18.0. The van der Waals surface area contributed by atoms with Gasteiger partial charge in [-0.25, -0.2) is 9.37 Å². The van der Waals surface area contributed by atoms with Gasteiger partial charge in [0.1, 0.15) is 17.6 Å². The minimum absolute atomic E-state index is 0.0373. The Labute approximate surface area is 109 Å². The zero-order valence-electron chi connectivity index (χ0n) is 10.2. The standard InChI is InChI=1S/C14H11FN2O2/c1-9(18)11-3-5-14(17-8-11)19-12-4-2-10(7-16)13(15)6-12/h2-6,8-9,18H,1H3/t9-/m1/s1. The first-order valence-corrected chi connectivity index (χ1v) is 5.61. The predicted molar refractivity (Wildman–Crippen MR) is 66.1 cm³/mol. The maximum atomic E-state index is 13.4. The lowest BCUT2D eigenvalue weighted by atomic mass is 10.2. The lowest BCUT2D eigenvalue weighted by Crippen LogP contribution is -1.94. The van der Waals surface area contributed by atoms with Gasteiger partial charge in [-0.2, -0.15) is 5.26 Å². The molecule has 2 rings (SSSR count). The smallest absolute Gasteiger partial charge is 0.219 e. The number of aromatic nitrogens is 1. The van der Waals surface area contributed by atoms with E-state index >= 15 is 0 Å². The van der Waals surface area contributed by atoms with Crippen molar-refractivity contribution < 1.29 is 14.2 Å². The Morgan fingerprint density at radius 3 is 2.68 bits per heavy atom. The zero-order chi connectivity index (χ0) is 13.8. The van der Waals surface area contributed by atoms with Crippen LogP contribution in [0, 0.1) is 17.1 Å². The van der Waals surface area contributed by atoms with Crippen LogP contribution in [0.5, 0.6) is 11.6 Å². The fraction of sp³-hybridized carbons (Fsp3) is 0.143. The average molecular weight is 258 g/mol. The van der Waals surface area contributed by atoms with E-state index in [1.807, 2.05) is 0 Å². The average Bonchev–Trinajstić information content (AvgIpc) is 2.39. The summed E-state index contributed by atoms with van der Waals surface area (Å²) in [5.41, 5.74) is 0.628. The van der Waals surface area contributed by atoms with Gasteiger partial charge in [-0.05, 0) is 30.7 Å². The summed E-state index contributed by atoms with van der Waals surface area (Å²) in [7, 11) is 0. The minimum Gasteiger partial charge on any atom is -0.439 e. The van der Waals surface area contributed by atoms with Crippen LogP contribution in [0.15, 0.2) is 36.5 Å². The summed E-state index contributed by atoms with van der Waals surface area (Å²) in [6, 6.07) is 8.95. The third-order valence-electron chi connectivity index (χ3n) is 2.53.